The lowest BCUT2D eigenvalue weighted by molar-refractivity contribution is 0.0935. The summed E-state index contributed by atoms with van der Waals surface area (Å²) in [7, 11) is 0. The largest absolute Gasteiger partial charge is 0.395 e. The fourth-order valence-electron chi connectivity index (χ4n) is 1.93. The first kappa shape index (κ1) is 14.6. The summed E-state index contributed by atoms with van der Waals surface area (Å²) in [5, 5.41) is 9.65. The van der Waals surface area contributed by atoms with E-state index < -0.39 is 0 Å². The van der Waals surface area contributed by atoms with E-state index in [-0.39, 0.29) is 17.6 Å². The van der Waals surface area contributed by atoms with E-state index in [4.69, 9.17) is 5.73 Å². The van der Waals surface area contributed by atoms with Crippen LogP contribution in [0.5, 0.6) is 0 Å². The van der Waals surface area contributed by atoms with Crippen molar-refractivity contribution in [3.8, 4) is 0 Å². The molecule has 2 rings (SSSR count). The monoisotopic (exact) mass is 336 g/mol. The highest BCUT2D eigenvalue weighted by Crippen LogP contribution is 2.19. The highest BCUT2D eigenvalue weighted by Gasteiger charge is 2.18. The van der Waals surface area contributed by atoms with Gasteiger partial charge in [0.2, 0.25) is 0 Å². The molecule has 0 aliphatic carbocycles. The number of aromatic amines is 1. The Morgan fingerprint density at radius 1 is 1.45 bits per heavy atom. The SMILES string of the molecule is CCc1[nH]nc(C(=O)NC(C)c2ccc(Br)cc2)c1N. The fourth-order valence-corrected chi connectivity index (χ4v) is 2.19. The van der Waals surface area contributed by atoms with E-state index in [2.05, 4.69) is 31.4 Å². The number of amides is 1. The number of halogens is 1. The highest BCUT2D eigenvalue weighted by molar-refractivity contribution is 9.10. The van der Waals surface area contributed by atoms with Gasteiger partial charge in [0.15, 0.2) is 5.69 Å². The number of aryl methyl sites for hydroxylation is 1. The van der Waals surface area contributed by atoms with Gasteiger partial charge in [0.1, 0.15) is 0 Å². The van der Waals surface area contributed by atoms with E-state index in [1.54, 1.807) is 0 Å². The predicted octanol–water partition coefficient (Wildman–Crippen LogP) is 2.81. The van der Waals surface area contributed by atoms with Crippen LogP contribution in [0.15, 0.2) is 28.7 Å². The van der Waals surface area contributed by atoms with E-state index in [0.717, 1.165) is 15.7 Å². The number of nitrogens with two attached hydrogens (primary N) is 1. The zero-order chi connectivity index (χ0) is 14.7. The lowest BCUT2D eigenvalue weighted by atomic mass is 10.1. The molecule has 0 spiro atoms. The zero-order valence-electron chi connectivity index (χ0n) is 11.4. The van der Waals surface area contributed by atoms with Gasteiger partial charge in [-0.25, -0.2) is 0 Å². The van der Waals surface area contributed by atoms with Crippen LogP contribution in [0.2, 0.25) is 0 Å². The molecule has 1 atom stereocenters. The second-order valence-corrected chi connectivity index (χ2v) is 5.48. The van der Waals surface area contributed by atoms with Crippen LogP contribution in [0.1, 0.15) is 41.6 Å². The topological polar surface area (TPSA) is 83.8 Å². The predicted molar refractivity (Wildman–Crippen MR) is 82.4 cm³/mol. The van der Waals surface area contributed by atoms with Gasteiger partial charge in [-0.2, -0.15) is 5.10 Å². The Kier molecular flexibility index (Phi) is 4.44. The van der Waals surface area contributed by atoms with Crippen LogP contribution >= 0.6 is 15.9 Å². The summed E-state index contributed by atoms with van der Waals surface area (Å²) < 4.78 is 1.00. The fraction of sp³-hybridized carbons (Fsp3) is 0.286. The third kappa shape index (κ3) is 3.01. The van der Waals surface area contributed by atoms with Crippen molar-refractivity contribution >= 4 is 27.5 Å². The normalized spacial score (nSPS) is 12.2. The molecule has 0 saturated heterocycles. The average Bonchev–Trinajstić information content (AvgIpc) is 2.80. The second kappa shape index (κ2) is 6.09. The number of benzene rings is 1. The van der Waals surface area contributed by atoms with Crippen molar-refractivity contribution in [1.82, 2.24) is 15.5 Å². The molecule has 6 heteroatoms. The van der Waals surface area contributed by atoms with Gasteiger partial charge in [-0.15, -0.1) is 0 Å². The van der Waals surface area contributed by atoms with E-state index in [0.29, 0.717) is 12.1 Å². The number of hydrogen-bond donors (Lipinski definition) is 3. The Labute approximate surface area is 126 Å². The molecule has 106 valence electrons. The lowest BCUT2D eigenvalue weighted by Gasteiger charge is -2.13. The molecule has 20 heavy (non-hydrogen) atoms. The summed E-state index contributed by atoms with van der Waals surface area (Å²) in [6.45, 7) is 3.88. The third-order valence-corrected chi connectivity index (χ3v) is 3.70. The van der Waals surface area contributed by atoms with E-state index in [1.807, 2.05) is 38.1 Å². The number of nitrogen functional groups attached to an aromatic ring is 1. The quantitative estimate of drug-likeness (QED) is 0.802. The maximum Gasteiger partial charge on any atom is 0.274 e. The number of rotatable bonds is 4. The number of carbonyl (C=O) groups is 1. The Morgan fingerprint density at radius 3 is 2.65 bits per heavy atom. The summed E-state index contributed by atoms with van der Waals surface area (Å²) in [4.78, 5) is 12.2. The van der Waals surface area contributed by atoms with E-state index in [1.165, 1.54) is 0 Å². The Morgan fingerprint density at radius 2 is 2.10 bits per heavy atom. The maximum absolute atomic E-state index is 12.2. The number of anilines is 1. The van der Waals surface area contributed by atoms with Gasteiger partial charge in [-0.05, 0) is 31.0 Å². The molecule has 1 aromatic carbocycles. The number of hydrogen-bond acceptors (Lipinski definition) is 3. The number of H-pyrrole nitrogens is 1. The molecule has 0 bridgehead atoms. The van der Waals surface area contributed by atoms with Crippen molar-refractivity contribution in [2.75, 3.05) is 5.73 Å². The zero-order valence-corrected chi connectivity index (χ0v) is 13.0. The average molecular weight is 337 g/mol. The standard InChI is InChI=1S/C14H17BrN4O/c1-3-11-12(16)13(19-18-11)14(20)17-8(2)9-4-6-10(15)7-5-9/h4-8H,3,16H2,1-2H3,(H,17,20)(H,18,19). The van der Waals surface area contributed by atoms with Crippen molar-refractivity contribution in [3.05, 3.63) is 45.7 Å². The molecule has 2 aromatic rings. The molecule has 0 fully saturated rings. The third-order valence-electron chi connectivity index (χ3n) is 3.17. The number of aromatic nitrogens is 2. The van der Waals surface area contributed by atoms with Crippen LogP contribution in [0.3, 0.4) is 0 Å². The minimum absolute atomic E-state index is 0.114. The van der Waals surface area contributed by atoms with E-state index >= 15 is 0 Å². The Hall–Kier alpha value is -1.82. The first-order chi connectivity index (χ1) is 9.52. The van der Waals surface area contributed by atoms with Crippen LogP contribution in [0, 0.1) is 0 Å². The van der Waals surface area contributed by atoms with Gasteiger partial charge >= 0.3 is 0 Å². The van der Waals surface area contributed by atoms with Gasteiger partial charge < -0.3 is 11.1 Å². The highest BCUT2D eigenvalue weighted by atomic mass is 79.9. The first-order valence-corrected chi connectivity index (χ1v) is 7.21. The molecule has 1 unspecified atom stereocenters. The van der Waals surface area contributed by atoms with Crippen molar-refractivity contribution in [2.45, 2.75) is 26.3 Å². The maximum atomic E-state index is 12.2. The number of nitrogens with one attached hydrogen (secondary N) is 2. The molecular formula is C14H17BrN4O. The lowest BCUT2D eigenvalue weighted by Crippen LogP contribution is -2.27. The van der Waals surface area contributed by atoms with Crippen LogP contribution < -0.4 is 11.1 Å². The molecular weight excluding hydrogens is 320 g/mol. The van der Waals surface area contributed by atoms with Crippen molar-refractivity contribution in [1.29, 1.82) is 0 Å². The van der Waals surface area contributed by atoms with Crippen LogP contribution in [0.4, 0.5) is 5.69 Å². The summed E-state index contributed by atoms with van der Waals surface area (Å²) >= 11 is 3.38. The van der Waals surface area contributed by atoms with Gasteiger partial charge in [-0.1, -0.05) is 35.0 Å². The van der Waals surface area contributed by atoms with Crippen molar-refractivity contribution < 1.29 is 4.79 Å². The van der Waals surface area contributed by atoms with Crippen LogP contribution in [0.25, 0.3) is 0 Å². The minimum atomic E-state index is -0.270. The Balaban J connectivity index is 2.10. The van der Waals surface area contributed by atoms with Crippen molar-refractivity contribution in [3.63, 3.8) is 0 Å². The van der Waals surface area contributed by atoms with Crippen LogP contribution in [-0.2, 0) is 6.42 Å². The molecule has 0 aliphatic heterocycles. The smallest absolute Gasteiger partial charge is 0.274 e. The van der Waals surface area contributed by atoms with Gasteiger partial charge in [-0.3, -0.25) is 9.89 Å². The molecule has 5 nitrogen and oxygen atoms in total. The van der Waals surface area contributed by atoms with Gasteiger partial charge in [0.25, 0.3) is 5.91 Å². The summed E-state index contributed by atoms with van der Waals surface area (Å²) in [6.07, 6.45) is 0.717. The second-order valence-electron chi connectivity index (χ2n) is 4.56. The molecule has 1 aromatic heterocycles. The summed E-state index contributed by atoms with van der Waals surface area (Å²) in [6, 6.07) is 7.68. The Bertz CT molecular complexity index is 606. The minimum Gasteiger partial charge on any atom is -0.395 e. The van der Waals surface area contributed by atoms with Gasteiger partial charge in [0, 0.05) is 4.47 Å². The number of carbonyl (C=O) groups excluding carboxylic acids is 1. The molecule has 0 saturated carbocycles. The molecule has 1 heterocycles. The summed E-state index contributed by atoms with van der Waals surface area (Å²) in [5.41, 5.74) is 8.37. The van der Waals surface area contributed by atoms with Gasteiger partial charge in [0.05, 0.1) is 17.4 Å². The number of nitrogens with zero attached hydrogens (tertiary/aromatic N) is 1. The van der Waals surface area contributed by atoms with Crippen molar-refractivity contribution in [2.24, 2.45) is 0 Å². The molecule has 4 N–H and O–H groups in total. The van der Waals surface area contributed by atoms with E-state index in [9.17, 15) is 4.79 Å². The molecule has 0 aliphatic rings. The summed E-state index contributed by atoms with van der Waals surface area (Å²) in [5.74, 6) is -0.270. The first-order valence-electron chi connectivity index (χ1n) is 6.42. The molecule has 1 amide bonds. The molecule has 0 radical (unpaired) electrons. The van der Waals surface area contributed by atoms with Crippen LogP contribution in [-0.4, -0.2) is 16.1 Å².